The molecule has 1 rings (SSSR count). The van der Waals surface area contributed by atoms with Gasteiger partial charge in [-0.2, -0.15) is 0 Å². The van der Waals surface area contributed by atoms with Gasteiger partial charge in [0.2, 0.25) is 0 Å². The van der Waals surface area contributed by atoms with Gasteiger partial charge in [0.05, 0.1) is 0 Å². The molecule has 0 N–H and O–H groups in total. The molecule has 0 aliphatic heterocycles. The highest BCUT2D eigenvalue weighted by Crippen LogP contribution is 2.23. The van der Waals surface area contributed by atoms with Gasteiger partial charge in [-0.15, -0.1) is 0 Å². The SMILES string of the molecule is CCCCN(C)c1nc(CCC)nc(Cl)c1C. The third kappa shape index (κ3) is 3.84. The largest absolute Gasteiger partial charge is 0.359 e. The molecule has 0 radical (unpaired) electrons. The van der Waals surface area contributed by atoms with E-state index in [4.69, 9.17) is 11.6 Å². The van der Waals surface area contributed by atoms with Gasteiger partial charge in [-0.1, -0.05) is 31.9 Å². The van der Waals surface area contributed by atoms with E-state index in [1.165, 1.54) is 12.8 Å². The second kappa shape index (κ2) is 6.80. The third-order valence-corrected chi connectivity index (χ3v) is 3.16. The zero-order valence-corrected chi connectivity index (χ0v) is 12.0. The average molecular weight is 256 g/mol. The van der Waals surface area contributed by atoms with E-state index in [0.29, 0.717) is 5.15 Å². The fraction of sp³-hybridized carbons (Fsp3) is 0.692. The van der Waals surface area contributed by atoms with E-state index in [-0.39, 0.29) is 0 Å². The molecule has 0 aliphatic rings. The number of rotatable bonds is 6. The monoisotopic (exact) mass is 255 g/mol. The van der Waals surface area contributed by atoms with Crippen molar-refractivity contribution in [1.29, 1.82) is 0 Å². The van der Waals surface area contributed by atoms with Gasteiger partial charge in [-0.3, -0.25) is 0 Å². The number of nitrogens with zero attached hydrogens (tertiary/aromatic N) is 3. The van der Waals surface area contributed by atoms with Crippen LogP contribution >= 0.6 is 11.6 Å². The fourth-order valence-corrected chi connectivity index (χ4v) is 1.91. The minimum absolute atomic E-state index is 0.585. The summed E-state index contributed by atoms with van der Waals surface area (Å²) in [6.07, 6.45) is 4.27. The van der Waals surface area contributed by atoms with Crippen molar-refractivity contribution < 1.29 is 0 Å². The zero-order valence-electron chi connectivity index (χ0n) is 11.3. The molecular weight excluding hydrogens is 234 g/mol. The molecule has 1 aromatic heterocycles. The molecule has 17 heavy (non-hydrogen) atoms. The smallest absolute Gasteiger partial charge is 0.137 e. The maximum absolute atomic E-state index is 6.16. The van der Waals surface area contributed by atoms with Gasteiger partial charge in [0, 0.05) is 25.6 Å². The number of aryl methyl sites for hydroxylation is 1. The molecule has 0 aliphatic carbocycles. The number of halogens is 1. The van der Waals surface area contributed by atoms with Crippen molar-refractivity contribution >= 4 is 17.4 Å². The van der Waals surface area contributed by atoms with Crippen molar-refractivity contribution in [2.45, 2.75) is 46.5 Å². The molecule has 1 aromatic rings. The quantitative estimate of drug-likeness (QED) is 0.727. The summed E-state index contributed by atoms with van der Waals surface area (Å²) in [5.74, 6) is 1.82. The highest BCUT2D eigenvalue weighted by molar-refractivity contribution is 6.30. The summed E-state index contributed by atoms with van der Waals surface area (Å²) in [4.78, 5) is 11.1. The Balaban J connectivity index is 2.95. The fourth-order valence-electron chi connectivity index (χ4n) is 1.73. The van der Waals surface area contributed by atoms with Crippen LogP contribution in [-0.2, 0) is 6.42 Å². The molecule has 3 nitrogen and oxygen atoms in total. The van der Waals surface area contributed by atoms with Crippen molar-refractivity contribution in [2.24, 2.45) is 0 Å². The van der Waals surface area contributed by atoms with Gasteiger partial charge in [0.15, 0.2) is 0 Å². The van der Waals surface area contributed by atoms with Crippen molar-refractivity contribution in [1.82, 2.24) is 9.97 Å². The highest BCUT2D eigenvalue weighted by atomic mass is 35.5. The Labute approximate surface area is 109 Å². The molecular formula is C13H22ClN3. The van der Waals surface area contributed by atoms with Crippen LogP contribution in [0.1, 0.15) is 44.5 Å². The van der Waals surface area contributed by atoms with Gasteiger partial charge in [-0.25, -0.2) is 9.97 Å². The molecule has 96 valence electrons. The summed E-state index contributed by atoms with van der Waals surface area (Å²) in [5, 5.41) is 0.585. The number of unbranched alkanes of at least 4 members (excludes halogenated alkanes) is 1. The van der Waals surface area contributed by atoms with E-state index in [2.05, 4.69) is 35.8 Å². The molecule has 0 amide bonds. The minimum Gasteiger partial charge on any atom is -0.359 e. The van der Waals surface area contributed by atoms with Crippen LogP contribution in [0.4, 0.5) is 5.82 Å². The number of hydrogen-bond acceptors (Lipinski definition) is 3. The van der Waals surface area contributed by atoms with Gasteiger partial charge in [0.25, 0.3) is 0 Å². The molecule has 0 bridgehead atoms. The first kappa shape index (κ1) is 14.2. The number of hydrogen-bond donors (Lipinski definition) is 0. The van der Waals surface area contributed by atoms with Crippen LogP contribution in [-0.4, -0.2) is 23.6 Å². The maximum Gasteiger partial charge on any atom is 0.137 e. The summed E-state index contributed by atoms with van der Waals surface area (Å²) >= 11 is 6.16. The van der Waals surface area contributed by atoms with E-state index in [1.54, 1.807) is 0 Å². The number of anilines is 1. The van der Waals surface area contributed by atoms with E-state index in [1.807, 2.05) is 6.92 Å². The lowest BCUT2D eigenvalue weighted by Crippen LogP contribution is -2.21. The Morgan fingerprint density at radius 1 is 1.18 bits per heavy atom. The Morgan fingerprint density at radius 2 is 1.88 bits per heavy atom. The summed E-state index contributed by atoms with van der Waals surface area (Å²) < 4.78 is 0. The van der Waals surface area contributed by atoms with Gasteiger partial charge in [-0.05, 0) is 19.8 Å². The second-order valence-electron chi connectivity index (χ2n) is 4.40. The molecule has 0 unspecified atom stereocenters. The van der Waals surface area contributed by atoms with Crippen molar-refractivity contribution in [3.05, 3.63) is 16.5 Å². The molecule has 0 saturated heterocycles. The molecule has 0 spiro atoms. The van der Waals surface area contributed by atoms with Crippen LogP contribution < -0.4 is 4.90 Å². The molecule has 0 aromatic carbocycles. The van der Waals surface area contributed by atoms with Crippen LogP contribution in [0, 0.1) is 6.92 Å². The van der Waals surface area contributed by atoms with Gasteiger partial charge in [0.1, 0.15) is 16.8 Å². The Kier molecular flexibility index (Phi) is 5.69. The van der Waals surface area contributed by atoms with E-state index >= 15 is 0 Å². The Hall–Kier alpha value is -0.830. The van der Waals surface area contributed by atoms with Crippen LogP contribution in [0.5, 0.6) is 0 Å². The standard InChI is InChI=1S/C13H22ClN3/c1-5-7-9-17(4)13-10(3)12(14)15-11(16-13)8-6-2/h5-9H2,1-4H3. The summed E-state index contributed by atoms with van der Waals surface area (Å²) in [7, 11) is 2.07. The normalized spacial score (nSPS) is 10.6. The zero-order chi connectivity index (χ0) is 12.8. The van der Waals surface area contributed by atoms with Crippen molar-refractivity contribution in [2.75, 3.05) is 18.5 Å². The lowest BCUT2D eigenvalue weighted by Gasteiger charge is -2.20. The minimum atomic E-state index is 0.585. The Morgan fingerprint density at radius 3 is 2.47 bits per heavy atom. The van der Waals surface area contributed by atoms with Crippen LogP contribution in [0.3, 0.4) is 0 Å². The van der Waals surface area contributed by atoms with E-state index in [9.17, 15) is 0 Å². The van der Waals surface area contributed by atoms with E-state index in [0.717, 1.165) is 36.6 Å². The van der Waals surface area contributed by atoms with Crippen LogP contribution in [0.15, 0.2) is 0 Å². The second-order valence-corrected chi connectivity index (χ2v) is 4.76. The lowest BCUT2D eigenvalue weighted by molar-refractivity contribution is 0.746. The predicted molar refractivity (Wildman–Crippen MR) is 74.0 cm³/mol. The van der Waals surface area contributed by atoms with Crippen LogP contribution in [0.2, 0.25) is 5.15 Å². The van der Waals surface area contributed by atoms with Crippen molar-refractivity contribution in [3.8, 4) is 0 Å². The Bertz CT molecular complexity index is 366. The van der Waals surface area contributed by atoms with Crippen LogP contribution in [0.25, 0.3) is 0 Å². The summed E-state index contributed by atoms with van der Waals surface area (Å²) in [5.41, 5.74) is 0.977. The number of aromatic nitrogens is 2. The lowest BCUT2D eigenvalue weighted by atomic mass is 10.2. The topological polar surface area (TPSA) is 29.0 Å². The average Bonchev–Trinajstić information content (AvgIpc) is 2.30. The molecule has 1 heterocycles. The predicted octanol–water partition coefficient (Wildman–Crippen LogP) is 3.63. The van der Waals surface area contributed by atoms with Gasteiger partial charge < -0.3 is 4.90 Å². The first-order chi connectivity index (χ1) is 8.10. The maximum atomic E-state index is 6.16. The van der Waals surface area contributed by atoms with Crippen molar-refractivity contribution in [3.63, 3.8) is 0 Å². The summed E-state index contributed by atoms with van der Waals surface area (Å²) in [6, 6.07) is 0. The highest BCUT2D eigenvalue weighted by Gasteiger charge is 2.12. The summed E-state index contributed by atoms with van der Waals surface area (Å²) in [6.45, 7) is 7.31. The van der Waals surface area contributed by atoms with Gasteiger partial charge >= 0.3 is 0 Å². The first-order valence-corrected chi connectivity index (χ1v) is 6.72. The first-order valence-electron chi connectivity index (χ1n) is 6.34. The molecule has 0 saturated carbocycles. The molecule has 0 atom stereocenters. The third-order valence-electron chi connectivity index (χ3n) is 2.79. The van der Waals surface area contributed by atoms with E-state index < -0.39 is 0 Å². The molecule has 4 heteroatoms. The molecule has 0 fully saturated rings.